The number of rotatable bonds is 9. The number of hydrogen-bond acceptors (Lipinski definition) is 13. The number of tetrazole rings is 1. The summed E-state index contributed by atoms with van der Waals surface area (Å²) in [5.74, 6) is -1.78. The summed E-state index contributed by atoms with van der Waals surface area (Å²) in [6, 6.07) is 2.59. The van der Waals surface area contributed by atoms with Gasteiger partial charge in [-0.1, -0.05) is 5.16 Å². The fourth-order valence-electron chi connectivity index (χ4n) is 3.88. The van der Waals surface area contributed by atoms with Gasteiger partial charge in [0.1, 0.15) is 23.7 Å². The van der Waals surface area contributed by atoms with Crippen LogP contribution in [0.5, 0.6) is 0 Å². The van der Waals surface area contributed by atoms with Gasteiger partial charge in [0, 0.05) is 40.6 Å². The van der Waals surface area contributed by atoms with Crippen LogP contribution in [0.15, 0.2) is 41.0 Å². The molecular weight excluding hydrogens is 538 g/mol. The maximum Gasteiger partial charge on any atom is 0.352 e. The largest absolute Gasteiger partial charge is 0.477 e. The number of aromatic nitrogens is 7. The first-order chi connectivity index (χ1) is 18.4. The van der Waals surface area contributed by atoms with Crippen LogP contribution in [0.2, 0.25) is 0 Å². The van der Waals surface area contributed by atoms with E-state index in [1.54, 1.807) is 36.0 Å². The highest BCUT2D eigenvalue weighted by Crippen LogP contribution is 2.40. The summed E-state index contributed by atoms with van der Waals surface area (Å²) >= 11 is 2.23. The van der Waals surface area contributed by atoms with Crippen LogP contribution in [0.25, 0.3) is 11.4 Å². The van der Waals surface area contributed by atoms with Gasteiger partial charge in [-0.3, -0.25) is 14.5 Å². The number of carbonyl (C=O) groups excluding carboxylic acids is 2. The monoisotopic (exact) mass is 558 g/mol. The normalized spacial score (nSPS) is 19.1. The topological polar surface area (TPSA) is 218 Å². The number of hydrogen-bond donors (Lipinski definition) is 4. The Balaban J connectivity index is 1.32. The first-order valence-corrected chi connectivity index (χ1v) is 12.9. The van der Waals surface area contributed by atoms with E-state index >= 15 is 0 Å². The number of nitrogens with one attached hydrogen (secondary N) is 2. The number of fused-ring (bicyclic) bond motifs is 1. The zero-order chi connectivity index (χ0) is 26.8. The highest BCUT2D eigenvalue weighted by atomic mass is 32.2. The van der Waals surface area contributed by atoms with Gasteiger partial charge in [0.2, 0.25) is 17.4 Å². The van der Waals surface area contributed by atoms with Gasteiger partial charge >= 0.3 is 5.97 Å². The molecule has 3 aromatic rings. The Bertz CT molecular complexity index is 1440. The highest BCUT2D eigenvalue weighted by molar-refractivity contribution is 8.00. The van der Waals surface area contributed by atoms with Crippen molar-refractivity contribution >= 4 is 51.9 Å². The Hall–Kier alpha value is -4.45. The fraction of sp³-hybridized carbons (Fsp3) is 0.300. The molecule has 2 amide bonds. The maximum atomic E-state index is 13.0. The number of aliphatic carboxylic acids is 1. The number of H-pyrrole nitrogens is 1. The number of anilines is 1. The predicted octanol–water partition coefficient (Wildman–Crippen LogP) is -1.23. The van der Waals surface area contributed by atoms with Gasteiger partial charge in [-0.2, -0.15) is 14.6 Å². The number of oxime groups is 1. The molecule has 0 spiro atoms. The number of pyridine rings is 1. The number of β-lactam (4-membered cyclic amide) rings is 1. The molecule has 0 saturated carbocycles. The lowest BCUT2D eigenvalue weighted by Gasteiger charge is -2.49. The van der Waals surface area contributed by atoms with Crippen LogP contribution in [0.3, 0.4) is 0 Å². The third-order valence-corrected chi connectivity index (χ3v) is 7.44. The van der Waals surface area contributed by atoms with E-state index in [1.807, 2.05) is 0 Å². The lowest BCUT2D eigenvalue weighted by molar-refractivity contribution is -0.689. The Labute approximate surface area is 222 Å². The lowest BCUT2D eigenvalue weighted by atomic mass is 10.0. The first-order valence-electron chi connectivity index (χ1n) is 11.1. The summed E-state index contributed by atoms with van der Waals surface area (Å²) in [6.07, 6.45) is 3.52. The van der Waals surface area contributed by atoms with E-state index < -0.39 is 29.2 Å². The van der Waals surface area contributed by atoms with Gasteiger partial charge in [-0.05, 0) is 12.1 Å². The Morgan fingerprint density at radius 2 is 2.18 bits per heavy atom. The van der Waals surface area contributed by atoms with Crippen LogP contribution in [-0.4, -0.2) is 87.3 Å². The molecule has 5 rings (SSSR count). The van der Waals surface area contributed by atoms with Crippen molar-refractivity contribution in [1.82, 2.24) is 40.2 Å². The van der Waals surface area contributed by atoms with Gasteiger partial charge in [0.15, 0.2) is 24.1 Å². The Morgan fingerprint density at radius 1 is 1.39 bits per heavy atom. The molecule has 2 atom stereocenters. The zero-order valence-corrected chi connectivity index (χ0v) is 21.3. The van der Waals surface area contributed by atoms with Crippen molar-refractivity contribution in [3.63, 3.8) is 0 Å². The van der Waals surface area contributed by atoms with E-state index in [0.717, 1.165) is 17.1 Å². The van der Waals surface area contributed by atoms with Crippen LogP contribution in [0.4, 0.5) is 5.13 Å². The second-order valence-electron chi connectivity index (χ2n) is 7.93. The number of aromatic amines is 1. The van der Waals surface area contributed by atoms with Crippen molar-refractivity contribution in [3.05, 3.63) is 41.6 Å². The molecule has 5 N–H and O–H groups in total. The molecule has 196 valence electrons. The molecule has 38 heavy (non-hydrogen) atoms. The van der Waals surface area contributed by atoms with Crippen molar-refractivity contribution in [3.8, 4) is 11.4 Å². The Morgan fingerprint density at radius 3 is 2.82 bits per heavy atom. The quantitative estimate of drug-likeness (QED) is 0.105. The molecule has 0 aromatic carbocycles. The second kappa shape index (κ2) is 10.5. The van der Waals surface area contributed by atoms with E-state index in [-0.39, 0.29) is 35.5 Å². The number of nitrogens with two attached hydrogens (primary N) is 1. The standard InChI is InChI=1S/C20H19N11O5S2/c1-2-36-26-11(15-23-20(21)38-27-15)16(32)22-12-17(33)31-13(19(34)35)10(8-37-18(12)31)7-30-5-3-9(4-6-30)14-24-28-29-25-14/h3-6,12,18H,2,7-8H2,1H3,(H4,21,22,23,27,32,34,35)/p+1/t12?,18-/m0/s1. The molecule has 5 heterocycles. The van der Waals surface area contributed by atoms with Crippen molar-refractivity contribution in [2.24, 2.45) is 5.16 Å². The summed E-state index contributed by atoms with van der Waals surface area (Å²) in [7, 11) is 0. The zero-order valence-electron chi connectivity index (χ0n) is 19.6. The van der Waals surface area contributed by atoms with Crippen molar-refractivity contribution < 1.29 is 28.9 Å². The SMILES string of the molecule is CCON=C(C(=O)NC1C(=O)N2C(C(=O)O)=C(C[n+]3ccc(-c4nn[nH]n4)cc3)CS[C@@H]12)c1nsc(N)n1. The number of carboxylic acid groups (broad SMARTS) is 1. The van der Waals surface area contributed by atoms with E-state index in [4.69, 9.17) is 10.6 Å². The number of carboxylic acids is 1. The minimum atomic E-state index is -1.23. The molecule has 1 fully saturated rings. The summed E-state index contributed by atoms with van der Waals surface area (Å²) in [5.41, 5.74) is 6.57. The van der Waals surface area contributed by atoms with Crippen molar-refractivity contribution in [1.29, 1.82) is 0 Å². The van der Waals surface area contributed by atoms with E-state index in [9.17, 15) is 19.5 Å². The van der Waals surface area contributed by atoms with Crippen LogP contribution in [-0.2, 0) is 25.8 Å². The summed E-state index contributed by atoms with van der Waals surface area (Å²) in [4.78, 5) is 48.4. The minimum absolute atomic E-state index is 0.0332. The molecule has 2 aliphatic heterocycles. The average molecular weight is 559 g/mol. The first kappa shape index (κ1) is 25.2. The van der Waals surface area contributed by atoms with E-state index in [1.165, 1.54) is 16.7 Å². The van der Waals surface area contributed by atoms with E-state index in [2.05, 4.69) is 40.5 Å². The number of amides is 2. The molecule has 1 unspecified atom stereocenters. The third kappa shape index (κ3) is 4.77. The van der Waals surface area contributed by atoms with Gasteiger partial charge in [-0.25, -0.2) is 9.36 Å². The fourth-order valence-corrected chi connectivity index (χ4v) is 5.64. The number of nitrogens with zero attached hydrogens (tertiary/aromatic N) is 8. The second-order valence-corrected chi connectivity index (χ2v) is 9.82. The predicted molar refractivity (Wildman–Crippen MR) is 132 cm³/mol. The number of thioether (sulfide) groups is 1. The molecule has 18 heteroatoms. The minimum Gasteiger partial charge on any atom is -0.477 e. The summed E-state index contributed by atoms with van der Waals surface area (Å²) in [6.45, 7) is 2.13. The summed E-state index contributed by atoms with van der Waals surface area (Å²) < 4.78 is 5.77. The van der Waals surface area contributed by atoms with Gasteiger partial charge in [-0.15, -0.1) is 22.0 Å². The maximum absolute atomic E-state index is 13.0. The van der Waals surface area contributed by atoms with Crippen LogP contribution in [0, 0.1) is 0 Å². The smallest absolute Gasteiger partial charge is 0.352 e. The van der Waals surface area contributed by atoms with Crippen molar-refractivity contribution in [2.45, 2.75) is 24.9 Å². The molecule has 1 saturated heterocycles. The molecule has 16 nitrogen and oxygen atoms in total. The molecule has 2 aliphatic rings. The van der Waals surface area contributed by atoms with Crippen LogP contribution in [0.1, 0.15) is 12.7 Å². The van der Waals surface area contributed by atoms with Crippen LogP contribution >= 0.6 is 23.3 Å². The van der Waals surface area contributed by atoms with Crippen LogP contribution < -0.4 is 15.6 Å². The van der Waals surface area contributed by atoms with Gasteiger partial charge in [0.05, 0.1) is 0 Å². The molecular formula is C20H20N11O5S2+. The van der Waals surface area contributed by atoms with Gasteiger partial charge in [0.25, 0.3) is 11.8 Å². The van der Waals surface area contributed by atoms with Gasteiger partial charge < -0.3 is 21.0 Å². The lowest BCUT2D eigenvalue weighted by Crippen LogP contribution is -2.71. The molecule has 3 aromatic heterocycles. The Kier molecular flexibility index (Phi) is 6.97. The molecule has 0 radical (unpaired) electrons. The van der Waals surface area contributed by atoms with Crippen molar-refractivity contribution in [2.75, 3.05) is 18.1 Å². The number of nitrogen functional groups attached to an aromatic ring is 1. The number of carbonyl (C=O) groups is 3. The summed E-state index contributed by atoms with van der Waals surface area (Å²) in [5, 5.41) is 29.6. The third-order valence-electron chi connectivity index (χ3n) is 5.56. The highest BCUT2D eigenvalue weighted by Gasteiger charge is 2.54. The molecule has 0 aliphatic carbocycles. The van der Waals surface area contributed by atoms with E-state index in [0.29, 0.717) is 17.2 Å². The molecule has 0 bridgehead atoms. The average Bonchev–Trinajstić information content (AvgIpc) is 3.60.